The summed E-state index contributed by atoms with van der Waals surface area (Å²) in [7, 11) is 1.58. The minimum atomic E-state index is -0.397. The van der Waals surface area contributed by atoms with Crippen LogP contribution < -0.4 is 14.8 Å². The van der Waals surface area contributed by atoms with Crippen molar-refractivity contribution in [2.75, 3.05) is 19.0 Å². The molecule has 41 heavy (non-hydrogen) atoms. The number of rotatable bonds is 8. The molecule has 1 N–H and O–H groups in total. The second-order valence-corrected chi connectivity index (χ2v) is 9.50. The number of nitrogens with one attached hydrogen (secondary N) is 1. The van der Waals surface area contributed by atoms with Crippen LogP contribution >= 0.6 is 0 Å². The largest absolute Gasteiger partial charge is 0.497 e. The fraction of sp³-hybridized carbons (Fsp3) is 0.156. The molecule has 9 heteroatoms. The van der Waals surface area contributed by atoms with Crippen LogP contribution in [-0.2, 0) is 13.0 Å². The number of carbonyl (C=O) groups is 2. The topological polar surface area (TPSA) is 107 Å². The van der Waals surface area contributed by atoms with Crippen LogP contribution in [-0.4, -0.2) is 35.4 Å². The number of hydrogen-bond donors (Lipinski definition) is 1. The van der Waals surface area contributed by atoms with Gasteiger partial charge in [-0.1, -0.05) is 36.4 Å². The summed E-state index contributed by atoms with van der Waals surface area (Å²) in [5.41, 5.74) is 3.86. The molecule has 0 bridgehead atoms. The van der Waals surface area contributed by atoms with Crippen LogP contribution in [0, 0.1) is 0 Å². The Morgan fingerprint density at radius 3 is 2.54 bits per heavy atom. The van der Waals surface area contributed by atoms with Crippen LogP contribution in [0.5, 0.6) is 11.5 Å². The second kappa shape index (κ2) is 11.4. The standard InChI is InChI=1S/C32H27N3O6/c1-38-24-13-10-23(11-14-24)33-31(36)27-19-41-29(34-27)20-40-25-12-9-21-15-16-35(32(37)28-8-5-17-39-28)30(26(21)18-25)22-6-3-2-4-7-22/h2-14,17-19,30H,15-16,20H2,1H3,(H,33,36)/t30-/m1/s1. The minimum absolute atomic E-state index is 0.0274. The first-order valence-corrected chi connectivity index (χ1v) is 13.1. The van der Waals surface area contributed by atoms with E-state index in [9.17, 15) is 9.59 Å². The summed E-state index contributed by atoms with van der Waals surface area (Å²) in [5.74, 6) is 1.29. The number of ether oxygens (including phenoxy) is 2. The minimum Gasteiger partial charge on any atom is -0.497 e. The number of nitrogens with zero attached hydrogens (tertiary/aromatic N) is 2. The summed E-state index contributed by atoms with van der Waals surface area (Å²) in [6.07, 6.45) is 3.51. The van der Waals surface area contributed by atoms with E-state index in [1.807, 2.05) is 53.4 Å². The predicted octanol–water partition coefficient (Wildman–Crippen LogP) is 5.90. The van der Waals surface area contributed by atoms with Crippen molar-refractivity contribution in [3.05, 3.63) is 131 Å². The van der Waals surface area contributed by atoms with Crippen molar-refractivity contribution in [1.29, 1.82) is 0 Å². The number of hydrogen-bond acceptors (Lipinski definition) is 7. The van der Waals surface area contributed by atoms with Crippen LogP contribution in [0.4, 0.5) is 5.69 Å². The van der Waals surface area contributed by atoms with Gasteiger partial charge in [0.1, 0.15) is 17.8 Å². The summed E-state index contributed by atoms with van der Waals surface area (Å²) >= 11 is 0. The fourth-order valence-electron chi connectivity index (χ4n) is 4.93. The zero-order valence-electron chi connectivity index (χ0n) is 22.3. The predicted molar refractivity (Wildman–Crippen MR) is 150 cm³/mol. The summed E-state index contributed by atoms with van der Waals surface area (Å²) in [5, 5.41) is 2.78. The SMILES string of the molecule is COc1ccc(NC(=O)c2coc(COc3ccc4c(c3)[C@@H](c3ccccc3)N(C(=O)c3ccco3)CC4)n2)cc1. The molecule has 9 nitrogen and oxygen atoms in total. The quantitative estimate of drug-likeness (QED) is 0.257. The molecule has 1 aliphatic heterocycles. The highest BCUT2D eigenvalue weighted by Crippen LogP contribution is 2.38. The van der Waals surface area contributed by atoms with E-state index in [-0.39, 0.29) is 30.1 Å². The average Bonchev–Trinajstić information content (AvgIpc) is 3.73. The van der Waals surface area contributed by atoms with E-state index in [4.69, 9.17) is 18.3 Å². The Balaban J connectivity index is 1.18. The van der Waals surface area contributed by atoms with Gasteiger partial charge in [-0.25, -0.2) is 4.98 Å². The van der Waals surface area contributed by atoms with Crippen molar-refractivity contribution in [2.45, 2.75) is 19.1 Å². The first-order valence-electron chi connectivity index (χ1n) is 13.1. The summed E-state index contributed by atoms with van der Waals surface area (Å²) in [6, 6.07) is 25.9. The van der Waals surface area contributed by atoms with Gasteiger partial charge in [0.05, 0.1) is 19.4 Å². The molecular formula is C32H27N3O6. The molecule has 0 saturated carbocycles. The molecule has 0 aliphatic carbocycles. The van der Waals surface area contributed by atoms with Gasteiger partial charge in [-0.05, 0) is 71.6 Å². The number of fused-ring (bicyclic) bond motifs is 1. The Labute approximate surface area is 236 Å². The maximum Gasteiger partial charge on any atom is 0.290 e. The van der Waals surface area contributed by atoms with Gasteiger partial charge >= 0.3 is 0 Å². The van der Waals surface area contributed by atoms with Gasteiger partial charge in [-0.15, -0.1) is 0 Å². The molecule has 0 saturated heterocycles. The summed E-state index contributed by atoms with van der Waals surface area (Å²) in [4.78, 5) is 32.1. The molecule has 2 amide bonds. The fourth-order valence-corrected chi connectivity index (χ4v) is 4.93. The third kappa shape index (κ3) is 5.56. The highest BCUT2D eigenvalue weighted by atomic mass is 16.5. The summed E-state index contributed by atoms with van der Waals surface area (Å²) in [6.45, 7) is 0.587. The van der Waals surface area contributed by atoms with E-state index in [2.05, 4.69) is 10.3 Å². The molecule has 0 spiro atoms. The molecule has 2 aromatic heterocycles. The van der Waals surface area contributed by atoms with Crippen molar-refractivity contribution in [1.82, 2.24) is 9.88 Å². The van der Waals surface area contributed by atoms with Crippen LogP contribution in [0.25, 0.3) is 0 Å². The zero-order valence-corrected chi connectivity index (χ0v) is 22.3. The van der Waals surface area contributed by atoms with Gasteiger partial charge in [-0.3, -0.25) is 9.59 Å². The van der Waals surface area contributed by atoms with Gasteiger partial charge in [0, 0.05) is 12.2 Å². The number of oxazole rings is 1. The van der Waals surface area contributed by atoms with Gasteiger partial charge in [0.15, 0.2) is 18.1 Å². The number of anilines is 1. The molecule has 206 valence electrons. The van der Waals surface area contributed by atoms with Gasteiger partial charge in [0.2, 0.25) is 5.89 Å². The maximum absolute atomic E-state index is 13.4. The van der Waals surface area contributed by atoms with E-state index >= 15 is 0 Å². The molecule has 1 aliphatic rings. The van der Waals surface area contributed by atoms with Gasteiger partial charge in [-0.2, -0.15) is 0 Å². The van der Waals surface area contributed by atoms with E-state index < -0.39 is 5.91 Å². The number of benzene rings is 3. The number of aromatic nitrogens is 1. The van der Waals surface area contributed by atoms with E-state index in [1.54, 1.807) is 43.5 Å². The second-order valence-electron chi connectivity index (χ2n) is 9.50. The lowest BCUT2D eigenvalue weighted by molar-refractivity contribution is 0.0661. The number of amides is 2. The van der Waals surface area contributed by atoms with Crippen LogP contribution in [0.1, 0.15) is 49.7 Å². The molecule has 0 unspecified atom stereocenters. The van der Waals surface area contributed by atoms with Gasteiger partial charge in [0.25, 0.3) is 11.8 Å². The Kier molecular flexibility index (Phi) is 7.23. The molecule has 6 rings (SSSR count). The average molecular weight is 550 g/mol. The first-order chi connectivity index (χ1) is 20.1. The van der Waals surface area contributed by atoms with Crippen molar-refractivity contribution in [2.24, 2.45) is 0 Å². The van der Waals surface area contributed by atoms with Crippen LogP contribution in [0.2, 0.25) is 0 Å². The van der Waals surface area contributed by atoms with E-state index in [1.165, 1.54) is 12.5 Å². The van der Waals surface area contributed by atoms with Gasteiger partial charge < -0.3 is 28.5 Å². The number of furan rings is 1. The van der Waals surface area contributed by atoms with Crippen LogP contribution in [0.15, 0.2) is 106 Å². The van der Waals surface area contributed by atoms with Crippen molar-refractivity contribution in [3.8, 4) is 11.5 Å². The lowest BCUT2D eigenvalue weighted by Crippen LogP contribution is -2.40. The molecular weight excluding hydrogens is 522 g/mol. The smallest absolute Gasteiger partial charge is 0.290 e. The Morgan fingerprint density at radius 2 is 1.78 bits per heavy atom. The third-order valence-electron chi connectivity index (χ3n) is 6.95. The lowest BCUT2D eigenvalue weighted by atomic mass is 9.87. The van der Waals surface area contributed by atoms with Crippen molar-refractivity contribution < 1.29 is 27.9 Å². The molecule has 0 radical (unpaired) electrons. The molecule has 1 atom stereocenters. The Hall–Kier alpha value is -5.31. The van der Waals surface area contributed by atoms with E-state index in [0.29, 0.717) is 35.9 Å². The van der Waals surface area contributed by atoms with Crippen molar-refractivity contribution >= 4 is 17.5 Å². The highest BCUT2D eigenvalue weighted by Gasteiger charge is 2.34. The van der Waals surface area contributed by atoms with E-state index in [0.717, 1.165) is 16.7 Å². The first kappa shape index (κ1) is 25.9. The molecule has 3 heterocycles. The Bertz CT molecular complexity index is 1640. The summed E-state index contributed by atoms with van der Waals surface area (Å²) < 4.78 is 22.1. The molecule has 3 aromatic carbocycles. The molecule has 0 fully saturated rings. The lowest BCUT2D eigenvalue weighted by Gasteiger charge is -2.37. The monoisotopic (exact) mass is 549 g/mol. The normalized spacial score (nSPS) is 14.3. The number of carbonyl (C=O) groups excluding carboxylic acids is 2. The number of methoxy groups -OCH3 is 1. The van der Waals surface area contributed by atoms with Crippen molar-refractivity contribution in [3.63, 3.8) is 0 Å². The highest BCUT2D eigenvalue weighted by molar-refractivity contribution is 6.02. The van der Waals surface area contributed by atoms with Crippen LogP contribution in [0.3, 0.4) is 0 Å². The Morgan fingerprint density at radius 1 is 0.976 bits per heavy atom. The molecule has 5 aromatic rings. The third-order valence-corrected chi connectivity index (χ3v) is 6.95. The zero-order chi connectivity index (χ0) is 28.2. The maximum atomic E-state index is 13.4.